The third-order valence-corrected chi connectivity index (χ3v) is 8.37. The molecule has 0 aliphatic carbocycles. The van der Waals surface area contributed by atoms with Gasteiger partial charge in [-0.15, -0.1) is 22.7 Å². The van der Waals surface area contributed by atoms with Crippen LogP contribution in [0.3, 0.4) is 0 Å². The van der Waals surface area contributed by atoms with Crippen molar-refractivity contribution >= 4 is 43.9 Å². The van der Waals surface area contributed by atoms with E-state index in [9.17, 15) is 4.79 Å². The molecule has 0 amide bonds. The second kappa shape index (κ2) is 9.44. The summed E-state index contributed by atoms with van der Waals surface area (Å²) in [6.07, 6.45) is 5.34. The van der Waals surface area contributed by atoms with Gasteiger partial charge in [-0.2, -0.15) is 5.10 Å². The highest BCUT2D eigenvalue weighted by atomic mass is 32.1. The predicted molar refractivity (Wildman–Crippen MR) is 151 cm³/mol. The van der Waals surface area contributed by atoms with Crippen LogP contribution >= 0.6 is 22.7 Å². The van der Waals surface area contributed by atoms with Gasteiger partial charge in [-0.3, -0.25) is 14.3 Å². The zero-order valence-corrected chi connectivity index (χ0v) is 21.6. The van der Waals surface area contributed by atoms with Gasteiger partial charge in [0.05, 0.1) is 29.1 Å². The highest BCUT2D eigenvalue weighted by Gasteiger charge is 2.27. The van der Waals surface area contributed by atoms with Crippen LogP contribution in [0.2, 0.25) is 0 Å². The SMILES string of the molecule is O=c1c2c(cnn1Cc1ccccc1)c1sc(C(c3ccccc3)c3ccccn3)nc1n2-c1nccs1. The molecule has 9 heteroatoms. The summed E-state index contributed by atoms with van der Waals surface area (Å²) in [6, 6.07) is 26.1. The first kappa shape index (κ1) is 22.7. The largest absolute Gasteiger partial charge is 0.292 e. The minimum absolute atomic E-state index is 0.138. The molecule has 7 aromatic rings. The van der Waals surface area contributed by atoms with E-state index < -0.39 is 0 Å². The molecule has 38 heavy (non-hydrogen) atoms. The Kier molecular flexibility index (Phi) is 5.64. The number of aromatic nitrogens is 6. The Morgan fingerprint density at radius 3 is 2.39 bits per heavy atom. The van der Waals surface area contributed by atoms with Gasteiger partial charge < -0.3 is 0 Å². The number of nitrogens with zero attached hydrogens (tertiary/aromatic N) is 6. The van der Waals surface area contributed by atoms with Crippen LogP contribution in [0.15, 0.2) is 108 Å². The summed E-state index contributed by atoms with van der Waals surface area (Å²) in [5, 5.41) is 8.85. The lowest BCUT2D eigenvalue weighted by Crippen LogP contribution is -2.24. The fourth-order valence-electron chi connectivity index (χ4n) is 4.76. The summed E-state index contributed by atoms with van der Waals surface area (Å²) in [7, 11) is 0. The van der Waals surface area contributed by atoms with Crippen LogP contribution in [-0.2, 0) is 6.54 Å². The van der Waals surface area contributed by atoms with E-state index in [0.717, 1.165) is 31.9 Å². The van der Waals surface area contributed by atoms with E-state index in [0.29, 0.717) is 22.8 Å². The summed E-state index contributed by atoms with van der Waals surface area (Å²) in [5.41, 5.74) is 4.12. The van der Waals surface area contributed by atoms with Gasteiger partial charge in [0.25, 0.3) is 5.56 Å². The molecule has 7 nitrogen and oxygen atoms in total. The normalized spacial score (nSPS) is 12.3. The van der Waals surface area contributed by atoms with Crippen LogP contribution in [0, 0.1) is 0 Å². The molecule has 0 N–H and O–H groups in total. The van der Waals surface area contributed by atoms with Crippen molar-refractivity contribution < 1.29 is 0 Å². The zero-order chi connectivity index (χ0) is 25.5. The molecule has 0 saturated carbocycles. The van der Waals surface area contributed by atoms with Crippen molar-refractivity contribution in [3.8, 4) is 5.13 Å². The first-order valence-corrected chi connectivity index (χ1v) is 13.8. The molecule has 2 aromatic carbocycles. The Labute approximate surface area is 225 Å². The van der Waals surface area contributed by atoms with Crippen molar-refractivity contribution in [3.05, 3.63) is 135 Å². The number of benzene rings is 2. The average Bonchev–Trinajstić information content (AvgIpc) is 3.70. The zero-order valence-electron chi connectivity index (χ0n) is 20.0. The second-order valence-corrected chi connectivity index (χ2v) is 10.7. The molecular weight excluding hydrogens is 512 g/mol. The number of rotatable bonds is 6. The van der Waals surface area contributed by atoms with Crippen LogP contribution in [0.1, 0.15) is 27.7 Å². The number of fused-ring (bicyclic) bond motifs is 3. The summed E-state index contributed by atoms with van der Waals surface area (Å²) in [5.74, 6) is -0.138. The van der Waals surface area contributed by atoms with Gasteiger partial charge in [0, 0.05) is 23.2 Å². The average molecular weight is 533 g/mol. The topological polar surface area (TPSA) is 78.5 Å². The van der Waals surface area contributed by atoms with E-state index >= 15 is 0 Å². The van der Waals surface area contributed by atoms with Crippen molar-refractivity contribution in [2.75, 3.05) is 0 Å². The number of hydrogen-bond donors (Lipinski definition) is 0. The van der Waals surface area contributed by atoms with Crippen molar-refractivity contribution in [1.29, 1.82) is 0 Å². The fourth-order valence-corrected chi connectivity index (χ4v) is 6.61. The molecule has 184 valence electrons. The van der Waals surface area contributed by atoms with Gasteiger partial charge in [0.1, 0.15) is 10.5 Å². The van der Waals surface area contributed by atoms with Crippen LogP contribution in [0.5, 0.6) is 0 Å². The maximum absolute atomic E-state index is 13.8. The number of hydrogen-bond acceptors (Lipinski definition) is 7. The lowest BCUT2D eigenvalue weighted by Gasteiger charge is -2.14. The molecular formula is C29H20N6OS2. The van der Waals surface area contributed by atoms with Crippen LogP contribution < -0.4 is 5.56 Å². The van der Waals surface area contributed by atoms with Crippen molar-refractivity contribution in [2.24, 2.45) is 0 Å². The van der Waals surface area contributed by atoms with Gasteiger partial charge in [0.2, 0.25) is 0 Å². The lowest BCUT2D eigenvalue weighted by molar-refractivity contribution is 0.645. The lowest BCUT2D eigenvalue weighted by atomic mass is 9.96. The summed E-state index contributed by atoms with van der Waals surface area (Å²) in [6.45, 7) is 0.390. The van der Waals surface area contributed by atoms with E-state index in [1.54, 1.807) is 23.7 Å². The number of thiazole rings is 2. The summed E-state index contributed by atoms with van der Waals surface area (Å²) < 4.78 is 4.31. The third-order valence-electron chi connectivity index (χ3n) is 6.47. The molecule has 0 saturated heterocycles. The van der Waals surface area contributed by atoms with Gasteiger partial charge in [-0.1, -0.05) is 66.7 Å². The number of pyridine rings is 1. The van der Waals surface area contributed by atoms with Crippen LogP contribution in [0.4, 0.5) is 0 Å². The van der Waals surface area contributed by atoms with E-state index in [4.69, 9.17) is 4.98 Å². The Morgan fingerprint density at radius 2 is 1.66 bits per heavy atom. The molecule has 0 aliphatic rings. The first-order chi connectivity index (χ1) is 18.8. The molecule has 0 bridgehead atoms. The molecule has 0 spiro atoms. The van der Waals surface area contributed by atoms with Gasteiger partial charge in [-0.05, 0) is 23.3 Å². The quantitative estimate of drug-likeness (QED) is 0.267. The highest BCUT2D eigenvalue weighted by Crippen LogP contribution is 2.40. The van der Waals surface area contributed by atoms with E-state index in [1.165, 1.54) is 16.0 Å². The molecule has 0 aliphatic heterocycles. The molecule has 7 rings (SSSR count). The molecule has 5 heterocycles. The monoisotopic (exact) mass is 532 g/mol. The molecule has 1 atom stereocenters. The second-order valence-electron chi connectivity index (χ2n) is 8.81. The Morgan fingerprint density at radius 1 is 0.868 bits per heavy atom. The molecule has 5 aromatic heterocycles. The van der Waals surface area contributed by atoms with Gasteiger partial charge >= 0.3 is 0 Å². The first-order valence-electron chi connectivity index (χ1n) is 12.1. The molecule has 1 unspecified atom stereocenters. The smallest absolute Gasteiger partial charge is 0.265 e. The minimum atomic E-state index is -0.169. The maximum Gasteiger partial charge on any atom is 0.292 e. The van der Waals surface area contributed by atoms with Crippen molar-refractivity contribution in [2.45, 2.75) is 12.5 Å². The van der Waals surface area contributed by atoms with E-state index in [2.05, 4.69) is 27.2 Å². The Bertz CT molecular complexity index is 1870. The van der Waals surface area contributed by atoms with Crippen LogP contribution in [0.25, 0.3) is 26.4 Å². The fraction of sp³-hybridized carbons (Fsp3) is 0.0690. The van der Waals surface area contributed by atoms with Gasteiger partial charge in [0.15, 0.2) is 10.8 Å². The van der Waals surface area contributed by atoms with E-state index in [-0.39, 0.29) is 11.5 Å². The molecule has 0 fully saturated rings. The van der Waals surface area contributed by atoms with Crippen molar-refractivity contribution in [3.63, 3.8) is 0 Å². The minimum Gasteiger partial charge on any atom is -0.265 e. The van der Waals surface area contributed by atoms with Crippen LogP contribution in [-0.4, -0.2) is 29.3 Å². The maximum atomic E-state index is 13.8. The standard InChI is InChI=1S/C29H20N6OS2/c36-28-24-21(17-32-34(28)18-19-9-3-1-4-10-19)25-26(35(24)29-31-15-16-37-29)33-27(38-25)23(20-11-5-2-6-12-20)22-13-7-8-14-30-22/h1-17,23H,18H2. The molecule has 0 radical (unpaired) electrons. The highest BCUT2D eigenvalue weighted by molar-refractivity contribution is 7.19. The predicted octanol–water partition coefficient (Wildman–Crippen LogP) is 5.88. The van der Waals surface area contributed by atoms with Gasteiger partial charge in [-0.25, -0.2) is 14.6 Å². The third kappa shape index (κ3) is 3.84. The van der Waals surface area contributed by atoms with E-state index in [1.807, 2.05) is 82.9 Å². The Hall–Kier alpha value is -4.47. The Balaban J connectivity index is 1.46. The summed E-state index contributed by atoms with van der Waals surface area (Å²) >= 11 is 3.05. The van der Waals surface area contributed by atoms with Crippen molar-refractivity contribution in [1.82, 2.24) is 29.3 Å². The summed E-state index contributed by atoms with van der Waals surface area (Å²) in [4.78, 5) is 28.2.